The van der Waals surface area contributed by atoms with E-state index in [-0.39, 0.29) is 5.54 Å². The third kappa shape index (κ3) is 2.87. The van der Waals surface area contributed by atoms with Gasteiger partial charge in [-0.05, 0) is 26.3 Å². The van der Waals surface area contributed by atoms with Crippen LogP contribution in [0.15, 0.2) is 34.9 Å². The van der Waals surface area contributed by atoms with Crippen LogP contribution in [0.2, 0.25) is 0 Å². The molecular formula is C17H23N3O. The zero-order valence-corrected chi connectivity index (χ0v) is 13.0. The molecule has 0 saturated carbocycles. The lowest BCUT2D eigenvalue weighted by Gasteiger charge is -2.42. The van der Waals surface area contributed by atoms with Gasteiger partial charge >= 0.3 is 0 Å². The maximum absolute atomic E-state index is 5.28. The van der Waals surface area contributed by atoms with Crippen molar-refractivity contribution in [3.63, 3.8) is 0 Å². The second-order valence-corrected chi connectivity index (χ2v) is 6.14. The molecule has 0 amide bonds. The van der Waals surface area contributed by atoms with Crippen molar-refractivity contribution < 1.29 is 4.52 Å². The van der Waals surface area contributed by atoms with Gasteiger partial charge in [-0.15, -0.1) is 0 Å². The van der Waals surface area contributed by atoms with Gasteiger partial charge in [0.1, 0.15) is 5.76 Å². The summed E-state index contributed by atoms with van der Waals surface area (Å²) >= 11 is 0. The van der Waals surface area contributed by atoms with E-state index in [4.69, 9.17) is 4.52 Å². The fourth-order valence-electron chi connectivity index (χ4n) is 3.16. The first kappa shape index (κ1) is 14.3. The second kappa shape index (κ2) is 5.62. The van der Waals surface area contributed by atoms with Gasteiger partial charge in [-0.1, -0.05) is 35.5 Å². The van der Waals surface area contributed by atoms with E-state index < -0.39 is 0 Å². The summed E-state index contributed by atoms with van der Waals surface area (Å²) in [5, 5.41) is 7.73. The predicted octanol–water partition coefficient (Wildman–Crippen LogP) is 2.61. The highest BCUT2D eigenvalue weighted by molar-refractivity contribution is 5.26. The summed E-state index contributed by atoms with van der Waals surface area (Å²) in [5.41, 5.74) is 3.58. The van der Waals surface area contributed by atoms with Crippen LogP contribution < -0.4 is 5.32 Å². The van der Waals surface area contributed by atoms with Gasteiger partial charge in [-0.25, -0.2) is 0 Å². The van der Waals surface area contributed by atoms with Crippen molar-refractivity contribution in [3.05, 3.63) is 52.9 Å². The van der Waals surface area contributed by atoms with Crippen molar-refractivity contribution in [2.75, 3.05) is 19.6 Å². The SMILES string of the molecule is Cc1noc(C)c1CN1CCNC(C)(c2ccccc2)C1. The topological polar surface area (TPSA) is 41.3 Å². The molecule has 1 unspecified atom stereocenters. The molecule has 0 bridgehead atoms. The number of hydrogen-bond acceptors (Lipinski definition) is 4. The molecule has 1 aliphatic rings. The van der Waals surface area contributed by atoms with Gasteiger partial charge in [-0.3, -0.25) is 4.90 Å². The van der Waals surface area contributed by atoms with Crippen LogP contribution in [-0.2, 0) is 12.1 Å². The molecule has 2 heterocycles. The van der Waals surface area contributed by atoms with Crippen LogP contribution in [0.4, 0.5) is 0 Å². The van der Waals surface area contributed by atoms with E-state index in [9.17, 15) is 0 Å². The molecule has 2 aromatic rings. The van der Waals surface area contributed by atoms with Gasteiger partial charge < -0.3 is 9.84 Å². The zero-order chi connectivity index (χ0) is 14.9. The highest BCUT2D eigenvalue weighted by atomic mass is 16.5. The third-order valence-electron chi connectivity index (χ3n) is 4.46. The Morgan fingerprint density at radius 2 is 2.05 bits per heavy atom. The Balaban J connectivity index is 1.77. The van der Waals surface area contributed by atoms with Crippen molar-refractivity contribution in [2.45, 2.75) is 32.9 Å². The maximum Gasteiger partial charge on any atom is 0.138 e. The van der Waals surface area contributed by atoms with Crippen LogP contribution in [-0.4, -0.2) is 29.7 Å². The van der Waals surface area contributed by atoms with Crippen LogP contribution in [0.25, 0.3) is 0 Å². The molecule has 1 fully saturated rings. The van der Waals surface area contributed by atoms with Crippen molar-refractivity contribution in [1.29, 1.82) is 0 Å². The molecule has 0 aliphatic carbocycles. The summed E-state index contributed by atoms with van der Waals surface area (Å²) in [5.74, 6) is 0.937. The summed E-state index contributed by atoms with van der Waals surface area (Å²) in [6.07, 6.45) is 0. The number of piperazine rings is 1. The summed E-state index contributed by atoms with van der Waals surface area (Å²) in [6.45, 7) is 10.2. The van der Waals surface area contributed by atoms with Crippen molar-refractivity contribution in [2.24, 2.45) is 0 Å². The van der Waals surface area contributed by atoms with E-state index in [0.29, 0.717) is 0 Å². The minimum absolute atomic E-state index is 0.00150. The second-order valence-electron chi connectivity index (χ2n) is 6.14. The van der Waals surface area contributed by atoms with E-state index in [1.165, 1.54) is 11.1 Å². The average molecular weight is 285 g/mol. The molecule has 4 heteroatoms. The zero-order valence-electron chi connectivity index (χ0n) is 13.0. The molecule has 112 valence electrons. The Labute approximate surface area is 126 Å². The summed E-state index contributed by atoms with van der Waals surface area (Å²) in [7, 11) is 0. The molecular weight excluding hydrogens is 262 g/mol. The minimum Gasteiger partial charge on any atom is -0.361 e. The molecule has 1 aromatic heterocycles. The number of hydrogen-bond donors (Lipinski definition) is 1. The lowest BCUT2D eigenvalue weighted by molar-refractivity contribution is 0.136. The van der Waals surface area contributed by atoms with Crippen molar-refractivity contribution >= 4 is 0 Å². The minimum atomic E-state index is -0.00150. The van der Waals surface area contributed by atoms with Crippen LogP contribution in [0, 0.1) is 13.8 Å². The van der Waals surface area contributed by atoms with E-state index in [2.05, 4.69) is 52.6 Å². The standard InChI is InChI=1S/C17H23N3O/c1-13-16(14(2)21-19-13)11-20-10-9-18-17(3,12-20)15-7-5-4-6-8-15/h4-8,18H,9-12H2,1-3H3. The van der Waals surface area contributed by atoms with Crippen molar-refractivity contribution in [1.82, 2.24) is 15.4 Å². The molecule has 1 saturated heterocycles. The Morgan fingerprint density at radius 3 is 2.71 bits per heavy atom. The predicted molar refractivity (Wildman–Crippen MR) is 83.1 cm³/mol. The molecule has 1 aromatic carbocycles. The number of aromatic nitrogens is 1. The molecule has 1 aliphatic heterocycles. The molecule has 1 N–H and O–H groups in total. The quantitative estimate of drug-likeness (QED) is 0.941. The molecule has 0 radical (unpaired) electrons. The monoisotopic (exact) mass is 285 g/mol. The van der Waals surface area contributed by atoms with E-state index in [1.54, 1.807) is 0 Å². The van der Waals surface area contributed by atoms with Gasteiger partial charge in [0.05, 0.1) is 11.2 Å². The Kier molecular flexibility index (Phi) is 3.83. The van der Waals surface area contributed by atoms with Gasteiger partial charge in [-0.2, -0.15) is 0 Å². The third-order valence-corrected chi connectivity index (χ3v) is 4.46. The fourth-order valence-corrected chi connectivity index (χ4v) is 3.16. The summed E-state index contributed by atoms with van der Waals surface area (Å²) in [6, 6.07) is 10.7. The molecule has 3 rings (SSSR count). The van der Waals surface area contributed by atoms with Crippen LogP contribution in [0.5, 0.6) is 0 Å². The van der Waals surface area contributed by atoms with Gasteiger partial charge in [0, 0.05) is 31.7 Å². The van der Waals surface area contributed by atoms with Crippen LogP contribution in [0.3, 0.4) is 0 Å². The first-order chi connectivity index (χ1) is 10.1. The van der Waals surface area contributed by atoms with E-state index in [0.717, 1.165) is 37.6 Å². The number of benzene rings is 1. The lowest BCUT2D eigenvalue weighted by Crippen LogP contribution is -2.56. The highest BCUT2D eigenvalue weighted by Gasteiger charge is 2.32. The molecule has 0 spiro atoms. The van der Waals surface area contributed by atoms with Crippen LogP contribution >= 0.6 is 0 Å². The number of nitrogens with one attached hydrogen (secondary N) is 1. The largest absolute Gasteiger partial charge is 0.361 e. The maximum atomic E-state index is 5.28. The van der Waals surface area contributed by atoms with Gasteiger partial charge in [0.25, 0.3) is 0 Å². The van der Waals surface area contributed by atoms with Gasteiger partial charge in [0.15, 0.2) is 0 Å². The number of aryl methyl sites for hydroxylation is 2. The van der Waals surface area contributed by atoms with E-state index in [1.807, 2.05) is 13.8 Å². The normalized spacial score (nSPS) is 23.4. The van der Waals surface area contributed by atoms with Crippen molar-refractivity contribution in [3.8, 4) is 0 Å². The highest BCUT2D eigenvalue weighted by Crippen LogP contribution is 2.26. The fraction of sp³-hybridized carbons (Fsp3) is 0.471. The summed E-state index contributed by atoms with van der Waals surface area (Å²) in [4.78, 5) is 2.48. The molecule has 4 nitrogen and oxygen atoms in total. The molecule has 21 heavy (non-hydrogen) atoms. The Hall–Kier alpha value is -1.65. The van der Waals surface area contributed by atoms with E-state index >= 15 is 0 Å². The van der Waals surface area contributed by atoms with Gasteiger partial charge in [0.2, 0.25) is 0 Å². The smallest absolute Gasteiger partial charge is 0.138 e. The average Bonchev–Trinajstić information content (AvgIpc) is 2.80. The summed E-state index contributed by atoms with van der Waals surface area (Å²) < 4.78 is 5.28. The number of rotatable bonds is 3. The Morgan fingerprint density at radius 1 is 1.29 bits per heavy atom. The Bertz CT molecular complexity index is 588. The first-order valence-electron chi connectivity index (χ1n) is 7.53. The number of nitrogens with zero attached hydrogens (tertiary/aromatic N) is 2. The van der Waals surface area contributed by atoms with Crippen LogP contribution in [0.1, 0.15) is 29.5 Å². The molecule has 1 atom stereocenters. The first-order valence-corrected chi connectivity index (χ1v) is 7.53. The lowest BCUT2D eigenvalue weighted by atomic mass is 9.89.